The quantitative estimate of drug-likeness (QED) is 0.879. The number of benzene rings is 1. The van der Waals surface area contributed by atoms with Crippen molar-refractivity contribution in [1.82, 2.24) is 0 Å². The molecule has 0 bridgehead atoms. The standard InChI is InChI=1S/C10H13Br2N/c1-7(2)6-13-10-4-8(11)3-9(12)5-10/h3-5,7,13H,6H2,1-2H3. The molecule has 1 aromatic rings. The predicted octanol–water partition coefficient (Wildman–Crippen LogP) is 4.28. The van der Waals surface area contributed by atoms with Gasteiger partial charge in [0.25, 0.3) is 0 Å². The maximum atomic E-state index is 3.45. The van der Waals surface area contributed by atoms with Crippen LogP contribution < -0.4 is 5.32 Å². The number of halogens is 2. The van der Waals surface area contributed by atoms with Crippen molar-refractivity contribution in [3.63, 3.8) is 0 Å². The van der Waals surface area contributed by atoms with E-state index in [9.17, 15) is 0 Å². The summed E-state index contributed by atoms with van der Waals surface area (Å²) in [5.41, 5.74) is 1.15. The van der Waals surface area contributed by atoms with Crippen molar-refractivity contribution in [3.05, 3.63) is 27.1 Å². The summed E-state index contributed by atoms with van der Waals surface area (Å²) >= 11 is 6.90. The van der Waals surface area contributed by atoms with Gasteiger partial charge in [0, 0.05) is 21.2 Å². The topological polar surface area (TPSA) is 12.0 Å². The van der Waals surface area contributed by atoms with Crippen LogP contribution in [0.15, 0.2) is 27.1 Å². The minimum absolute atomic E-state index is 0.665. The molecule has 0 unspecified atom stereocenters. The summed E-state index contributed by atoms with van der Waals surface area (Å²) in [5, 5.41) is 3.37. The summed E-state index contributed by atoms with van der Waals surface area (Å²) in [5.74, 6) is 0.665. The van der Waals surface area contributed by atoms with Crippen molar-refractivity contribution in [2.75, 3.05) is 11.9 Å². The Kier molecular flexibility index (Phi) is 4.26. The summed E-state index contributed by atoms with van der Waals surface area (Å²) in [6.45, 7) is 5.39. The molecular formula is C10H13Br2N. The van der Waals surface area contributed by atoms with Crippen LogP contribution in [0.3, 0.4) is 0 Å². The molecule has 0 saturated carbocycles. The second-order valence-electron chi connectivity index (χ2n) is 3.43. The van der Waals surface area contributed by atoms with E-state index in [0.29, 0.717) is 5.92 Å². The summed E-state index contributed by atoms with van der Waals surface area (Å²) in [6, 6.07) is 6.18. The lowest BCUT2D eigenvalue weighted by Crippen LogP contribution is -2.07. The van der Waals surface area contributed by atoms with Gasteiger partial charge in [-0.3, -0.25) is 0 Å². The molecule has 1 N–H and O–H groups in total. The molecule has 1 rings (SSSR count). The number of nitrogens with one attached hydrogen (secondary N) is 1. The summed E-state index contributed by atoms with van der Waals surface area (Å²) < 4.78 is 2.18. The molecule has 0 aliphatic carbocycles. The molecule has 0 spiro atoms. The van der Waals surface area contributed by atoms with Crippen LogP contribution >= 0.6 is 31.9 Å². The van der Waals surface area contributed by atoms with Gasteiger partial charge in [-0.25, -0.2) is 0 Å². The van der Waals surface area contributed by atoms with E-state index in [-0.39, 0.29) is 0 Å². The molecular weight excluding hydrogens is 294 g/mol. The van der Waals surface area contributed by atoms with Gasteiger partial charge in [-0.2, -0.15) is 0 Å². The first-order valence-corrected chi connectivity index (χ1v) is 5.86. The molecule has 0 aliphatic heterocycles. The van der Waals surface area contributed by atoms with E-state index in [4.69, 9.17) is 0 Å². The van der Waals surface area contributed by atoms with Crippen molar-refractivity contribution in [2.45, 2.75) is 13.8 Å². The highest BCUT2D eigenvalue weighted by Crippen LogP contribution is 2.23. The van der Waals surface area contributed by atoms with Crippen molar-refractivity contribution < 1.29 is 0 Å². The first kappa shape index (κ1) is 11.1. The van der Waals surface area contributed by atoms with Crippen molar-refractivity contribution in [2.24, 2.45) is 5.92 Å². The second kappa shape index (κ2) is 5.01. The highest BCUT2D eigenvalue weighted by atomic mass is 79.9. The van der Waals surface area contributed by atoms with Gasteiger partial charge in [0.2, 0.25) is 0 Å². The Morgan fingerprint density at radius 2 is 1.69 bits per heavy atom. The van der Waals surface area contributed by atoms with Crippen LogP contribution in [0.2, 0.25) is 0 Å². The van der Waals surface area contributed by atoms with Crippen LogP contribution in [0.5, 0.6) is 0 Å². The third kappa shape index (κ3) is 4.14. The monoisotopic (exact) mass is 305 g/mol. The molecule has 0 fully saturated rings. The van der Waals surface area contributed by atoms with Gasteiger partial charge in [-0.15, -0.1) is 0 Å². The molecule has 0 radical (unpaired) electrons. The van der Waals surface area contributed by atoms with Gasteiger partial charge in [-0.05, 0) is 24.1 Å². The molecule has 72 valence electrons. The fourth-order valence-electron chi connectivity index (χ4n) is 0.978. The average Bonchev–Trinajstić information content (AvgIpc) is 1.99. The van der Waals surface area contributed by atoms with Crippen molar-refractivity contribution in [3.8, 4) is 0 Å². The predicted molar refractivity (Wildman–Crippen MR) is 65.2 cm³/mol. The van der Waals surface area contributed by atoms with Gasteiger partial charge < -0.3 is 5.32 Å². The van der Waals surface area contributed by atoms with Gasteiger partial charge >= 0.3 is 0 Å². The summed E-state index contributed by atoms with van der Waals surface area (Å²) in [7, 11) is 0. The smallest absolute Gasteiger partial charge is 0.0362 e. The zero-order chi connectivity index (χ0) is 9.84. The maximum Gasteiger partial charge on any atom is 0.0362 e. The Hall–Kier alpha value is -0.0200. The Morgan fingerprint density at radius 3 is 2.15 bits per heavy atom. The SMILES string of the molecule is CC(C)CNc1cc(Br)cc(Br)c1. The zero-order valence-corrected chi connectivity index (χ0v) is 10.9. The van der Waals surface area contributed by atoms with Gasteiger partial charge in [0.15, 0.2) is 0 Å². The van der Waals surface area contributed by atoms with E-state index in [0.717, 1.165) is 21.2 Å². The lowest BCUT2D eigenvalue weighted by molar-refractivity contribution is 0.689. The second-order valence-corrected chi connectivity index (χ2v) is 5.26. The average molecular weight is 307 g/mol. The van der Waals surface area contributed by atoms with E-state index in [1.807, 2.05) is 6.07 Å². The summed E-state index contributed by atoms with van der Waals surface area (Å²) in [4.78, 5) is 0. The Labute approximate surface area is 96.2 Å². The third-order valence-electron chi connectivity index (χ3n) is 1.58. The summed E-state index contributed by atoms with van der Waals surface area (Å²) in [6.07, 6.45) is 0. The van der Waals surface area contributed by atoms with Crippen LogP contribution in [0.1, 0.15) is 13.8 Å². The lowest BCUT2D eigenvalue weighted by Gasteiger charge is -2.09. The van der Waals surface area contributed by atoms with Crippen LogP contribution in [0.25, 0.3) is 0 Å². The largest absolute Gasteiger partial charge is 0.385 e. The van der Waals surface area contributed by atoms with Crippen molar-refractivity contribution >= 4 is 37.5 Å². The van der Waals surface area contributed by atoms with Crippen LogP contribution in [0.4, 0.5) is 5.69 Å². The molecule has 3 heteroatoms. The van der Waals surface area contributed by atoms with Crippen LogP contribution in [-0.4, -0.2) is 6.54 Å². The minimum atomic E-state index is 0.665. The molecule has 0 atom stereocenters. The Balaban J connectivity index is 2.66. The molecule has 0 aliphatic rings. The van der Waals surface area contributed by atoms with Crippen molar-refractivity contribution in [1.29, 1.82) is 0 Å². The molecule has 13 heavy (non-hydrogen) atoms. The normalized spacial score (nSPS) is 10.5. The number of hydrogen-bond donors (Lipinski definition) is 1. The molecule has 0 aromatic heterocycles. The Bertz CT molecular complexity index is 264. The first-order chi connectivity index (χ1) is 6.08. The van der Waals surface area contributed by atoms with E-state index >= 15 is 0 Å². The number of hydrogen-bond acceptors (Lipinski definition) is 1. The van der Waals surface area contributed by atoms with Gasteiger partial charge in [0.05, 0.1) is 0 Å². The highest BCUT2D eigenvalue weighted by Gasteiger charge is 1.98. The fraction of sp³-hybridized carbons (Fsp3) is 0.400. The maximum absolute atomic E-state index is 3.45. The Morgan fingerprint density at radius 1 is 1.15 bits per heavy atom. The molecule has 0 heterocycles. The molecule has 0 amide bonds. The third-order valence-corrected chi connectivity index (χ3v) is 2.49. The first-order valence-electron chi connectivity index (χ1n) is 4.28. The van der Waals surface area contributed by atoms with E-state index in [1.54, 1.807) is 0 Å². The van der Waals surface area contributed by atoms with Gasteiger partial charge in [0.1, 0.15) is 0 Å². The number of rotatable bonds is 3. The fourth-order valence-corrected chi connectivity index (χ4v) is 2.27. The lowest BCUT2D eigenvalue weighted by atomic mass is 10.2. The van der Waals surface area contributed by atoms with E-state index < -0.39 is 0 Å². The van der Waals surface area contributed by atoms with E-state index in [1.165, 1.54) is 0 Å². The highest BCUT2D eigenvalue weighted by molar-refractivity contribution is 9.11. The minimum Gasteiger partial charge on any atom is -0.385 e. The number of anilines is 1. The molecule has 1 nitrogen and oxygen atoms in total. The van der Waals surface area contributed by atoms with Crippen LogP contribution in [0, 0.1) is 5.92 Å². The van der Waals surface area contributed by atoms with Crippen LogP contribution in [-0.2, 0) is 0 Å². The molecule has 0 saturated heterocycles. The van der Waals surface area contributed by atoms with Gasteiger partial charge in [-0.1, -0.05) is 45.7 Å². The molecule has 1 aromatic carbocycles. The van der Waals surface area contributed by atoms with E-state index in [2.05, 4.69) is 63.2 Å². The zero-order valence-electron chi connectivity index (χ0n) is 7.77.